The second-order valence-electron chi connectivity index (χ2n) is 4.80. The van der Waals surface area contributed by atoms with Crippen molar-refractivity contribution >= 4 is 17.8 Å². The smallest absolute Gasteiger partial charge is 0.280 e. The Labute approximate surface area is 137 Å². The summed E-state index contributed by atoms with van der Waals surface area (Å²) in [5, 5.41) is 23.9. The molecule has 0 aliphatic carbocycles. The van der Waals surface area contributed by atoms with E-state index in [9.17, 15) is 20.0 Å². The number of nitro groups is 1. The number of phenolic OH excluding ortho intramolecular Hbond substituents is 1. The number of nitro benzene ring substituents is 1. The lowest BCUT2D eigenvalue weighted by Gasteiger charge is -2.12. The molecule has 0 bridgehead atoms. The number of aromatic hydroxyl groups is 1. The number of nitrogens with one attached hydrogen (secondary N) is 1. The van der Waals surface area contributed by atoms with Gasteiger partial charge < -0.3 is 9.84 Å². The number of non-ortho nitro benzene ring substituents is 1. The van der Waals surface area contributed by atoms with Crippen molar-refractivity contribution in [1.82, 2.24) is 5.43 Å². The second-order valence-corrected chi connectivity index (χ2v) is 4.80. The van der Waals surface area contributed by atoms with E-state index in [1.165, 1.54) is 43.5 Å². The molecule has 1 amide bonds. The first kappa shape index (κ1) is 16.9. The molecule has 24 heavy (non-hydrogen) atoms. The van der Waals surface area contributed by atoms with Crippen LogP contribution >= 0.6 is 0 Å². The van der Waals surface area contributed by atoms with Crippen molar-refractivity contribution < 1.29 is 19.6 Å². The predicted molar refractivity (Wildman–Crippen MR) is 87.0 cm³/mol. The van der Waals surface area contributed by atoms with E-state index in [-0.39, 0.29) is 11.4 Å². The second kappa shape index (κ2) is 7.73. The SMILES string of the molecule is C[C@H](Oc1ccc([N+](=O)[O-])cc1)C(=O)N/N=C\c1ccccc1O. The first-order valence-corrected chi connectivity index (χ1v) is 6.99. The van der Waals surface area contributed by atoms with Crippen molar-refractivity contribution in [3.63, 3.8) is 0 Å². The number of hydrogen-bond donors (Lipinski definition) is 2. The summed E-state index contributed by atoms with van der Waals surface area (Å²) < 4.78 is 5.38. The molecule has 124 valence electrons. The number of hydrogen-bond acceptors (Lipinski definition) is 6. The van der Waals surface area contributed by atoms with Gasteiger partial charge in [-0.3, -0.25) is 14.9 Å². The van der Waals surface area contributed by atoms with Gasteiger partial charge in [0.2, 0.25) is 0 Å². The lowest BCUT2D eigenvalue weighted by Crippen LogP contribution is -2.33. The first-order chi connectivity index (χ1) is 11.5. The van der Waals surface area contributed by atoms with Gasteiger partial charge in [-0.2, -0.15) is 5.10 Å². The standard InChI is InChI=1S/C16H15N3O5/c1-11(24-14-8-6-13(7-9-14)19(22)23)16(21)18-17-10-12-4-2-3-5-15(12)20/h2-11,20H,1H3,(H,18,21)/b17-10-/t11-/m0/s1. The third-order valence-electron chi connectivity index (χ3n) is 3.04. The predicted octanol–water partition coefficient (Wildman–Crippen LogP) is 2.22. The van der Waals surface area contributed by atoms with Crippen LogP contribution in [0.3, 0.4) is 0 Å². The highest BCUT2D eigenvalue weighted by molar-refractivity contribution is 5.86. The average Bonchev–Trinajstić information content (AvgIpc) is 2.57. The molecule has 0 aliphatic rings. The minimum atomic E-state index is -0.854. The van der Waals surface area contributed by atoms with Crippen molar-refractivity contribution in [1.29, 1.82) is 0 Å². The Morgan fingerprint density at radius 3 is 2.58 bits per heavy atom. The molecule has 8 nitrogen and oxygen atoms in total. The summed E-state index contributed by atoms with van der Waals surface area (Å²) >= 11 is 0. The number of nitrogens with zero attached hydrogens (tertiary/aromatic N) is 2. The fraction of sp³-hybridized carbons (Fsp3) is 0.125. The molecule has 2 aromatic carbocycles. The summed E-state index contributed by atoms with van der Waals surface area (Å²) in [5.74, 6) is -0.126. The number of amides is 1. The van der Waals surface area contributed by atoms with Crippen molar-refractivity contribution in [2.45, 2.75) is 13.0 Å². The highest BCUT2D eigenvalue weighted by Crippen LogP contribution is 2.18. The van der Waals surface area contributed by atoms with Crippen LogP contribution in [0.15, 0.2) is 53.6 Å². The Hall–Kier alpha value is -3.42. The largest absolute Gasteiger partial charge is 0.507 e. The quantitative estimate of drug-likeness (QED) is 0.479. The summed E-state index contributed by atoms with van der Waals surface area (Å²) in [4.78, 5) is 21.9. The van der Waals surface area contributed by atoms with Crippen LogP contribution in [0.25, 0.3) is 0 Å². The molecule has 2 aromatic rings. The topological polar surface area (TPSA) is 114 Å². The van der Waals surface area contributed by atoms with E-state index >= 15 is 0 Å². The van der Waals surface area contributed by atoms with Crippen LogP contribution in [0, 0.1) is 10.1 Å². The van der Waals surface area contributed by atoms with Crippen LogP contribution in [-0.4, -0.2) is 28.3 Å². The maximum atomic E-state index is 11.9. The maximum absolute atomic E-state index is 11.9. The van der Waals surface area contributed by atoms with Crippen molar-refractivity contribution in [3.8, 4) is 11.5 Å². The fourth-order valence-electron chi connectivity index (χ4n) is 1.76. The van der Waals surface area contributed by atoms with Gasteiger partial charge in [-0.1, -0.05) is 12.1 Å². The van der Waals surface area contributed by atoms with Gasteiger partial charge in [-0.05, 0) is 31.2 Å². The Kier molecular flexibility index (Phi) is 5.45. The molecule has 0 radical (unpaired) electrons. The fourth-order valence-corrected chi connectivity index (χ4v) is 1.76. The molecule has 0 aromatic heterocycles. The molecule has 0 fully saturated rings. The molecule has 8 heteroatoms. The normalized spacial score (nSPS) is 11.9. The number of ether oxygens (including phenoxy) is 1. The minimum Gasteiger partial charge on any atom is -0.507 e. The third-order valence-corrected chi connectivity index (χ3v) is 3.04. The zero-order chi connectivity index (χ0) is 17.5. The molecule has 1 atom stereocenters. The Morgan fingerprint density at radius 2 is 1.96 bits per heavy atom. The van der Waals surface area contributed by atoms with E-state index in [0.717, 1.165) is 0 Å². The van der Waals surface area contributed by atoms with Gasteiger partial charge in [0.15, 0.2) is 6.10 Å². The number of benzene rings is 2. The zero-order valence-electron chi connectivity index (χ0n) is 12.7. The monoisotopic (exact) mass is 329 g/mol. The van der Waals surface area contributed by atoms with Crippen LogP contribution in [0.1, 0.15) is 12.5 Å². The Morgan fingerprint density at radius 1 is 1.29 bits per heavy atom. The van der Waals surface area contributed by atoms with Gasteiger partial charge in [0.1, 0.15) is 11.5 Å². The molecule has 0 saturated heterocycles. The third kappa shape index (κ3) is 4.54. The summed E-state index contributed by atoms with van der Waals surface area (Å²) in [5.41, 5.74) is 2.69. The van der Waals surface area contributed by atoms with Crippen LogP contribution in [0.4, 0.5) is 5.69 Å². The summed E-state index contributed by atoms with van der Waals surface area (Å²) in [6.45, 7) is 1.52. The van der Waals surface area contributed by atoms with E-state index in [4.69, 9.17) is 4.74 Å². The van der Waals surface area contributed by atoms with Gasteiger partial charge in [0.25, 0.3) is 11.6 Å². The number of carbonyl (C=O) groups is 1. The molecule has 0 heterocycles. The van der Waals surface area contributed by atoms with E-state index in [1.807, 2.05) is 0 Å². The molecular formula is C16H15N3O5. The number of rotatable bonds is 6. The summed E-state index contributed by atoms with van der Waals surface area (Å²) in [6.07, 6.45) is 0.458. The number of phenols is 1. The number of hydrazone groups is 1. The molecule has 0 saturated carbocycles. The Bertz CT molecular complexity index is 759. The van der Waals surface area contributed by atoms with Crippen LogP contribution in [-0.2, 0) is 4.79 Å². The number of carbonyl (C=O) groups excluding carboxylic acids is 1. The lowest BCUT2D eigenvalue weighted by molar-refractivity contribution is -0.384. The van der Waals surface area contributed by atoms with Gasteiger partial charge >= 0.3 is 0 Å². The van der Waals surface area contributed by atoms with E-state index in [1.54, 1.807) is 18.2 Å². The molecule has 2 rings (SSSR count). The van der Waals surface area contributed by atoms with Crippen LogP contribution < -0.4 is 10.2 Å². The molecule has 2 N–H and O–H groups in total. The summed E-state index contributed by atoms with van der Waals surface area (Å²) in [6, 6.07) is 11.9. The molecular weight excluding hydrogens is 314 g/mol. The molecule has 0 unspecified atom stereocenters. The van der Waals surface area contributed by atoms with E-state index in [0.29, 0.717) is 11.3 Å². The molecule has 0 spiro atoms. The van der Waals surface area contributed by atoms with Crippen molar-refractivity contribution in [2.24, 2.45) is 5.10 Å². The average molecular weight is 329 g/mol. The highest BCUT2D eigenvalue weighted by atomic mass is 16.6. The number of para-hydroxylation sites is 1. The molecule has 0 aliphatic heterocycles. The highest BCUT2D eigenvalue weighted by Gasteiger charge is 2.14. The van der Waals surface area contributed by atoms with Crippen LogP contribution in [0.5, 0.6) is 11.5 Å². The van der Waals surface area contributed by atoms with E-state index in [2.05, 4.69) is 10.5 Å². The van der Waals surface area contributed by atoms with Crippen molar-refractivity contribution in [3.05, 3.63) is 64.2 Å². The van der Waals surface area contributed by atoms with Crippen LogP contribution in [0.2, 0.25) is 0 Å². The van der Waals surface area contributed by atoms with E-state index < -0.39 is 16.9 Å². The minimum absolute atomic E-state index is 0.0469. The first-order valence-electron chi connectivity index (χ1n) is 6.99. The van der Waals surface area contributed by atoms with Gasteiger partial charge in [-0.15, -0.1) is 0 Å². The summed E-state index contributed by atoms with van der Waals surface area (Å²) in [7, 11) is 0. The maximum Gasteiger partial charge on any atom is 0.280 e. The zero-order valence-corrected chi connectivity index (χ0v) is 12.7. The Balaban J connectivity index is 1.90. The van der Waals surface area contributed by atoms with Gasteiger partial charge in [0, 0.05) is 17.7 Å². The van der Waals surface area contributed by atoms with Gasteiger partial charge in [-0.25, -0.2) is 5.43 Å². The lowest BCUT2D eigenvalue weighted by atomic mass is 10.2. The van der Waals surface area contributed by atoms with Crippen molar-refractivity contribution in [2.75, 3.05) is 0 Å². The van der Waals surface area contributed by atoms with Gasteiger partial charge in [0.05, 0.1) is 11.1 Å².